The number of rotatable bonds is 7. The molecule has 0 aliphatic heterocycles. The minimum atomic E-state index is -4.77. The van der Waals surface area contributed by atoms with Gasteiger partial charge in [0.15, 0.2) is 0 Å². The van der Waals surface area contributed by atoms with Crippen molar-refractivity contribution < 1.29 is 39.9 Å². The Balaban J connectivity index is 1.15. The second-order valence-electron chi connectivity index (χ2n) is 13.3. The highest BCUT2D eigenvalue weighted by molar-refractivity contribution is 5.68. The number of halogens is 8. The lowest BCUT2D eigenvalue weighted by Gasteiger charge is -2.41. The standard InChI is InChI=1S/C35H40F8O/c1-21-2-4-22(5-3-21)23-6-8-24(9-7-23)25-10-12-27(13-11-25)35(42,43)44-28-14-15-29(33(38)20-28)26-18-31(36)30(32(37)19-26)16-17-34(39,40)41/h14-25,27H,2-13H2,1H3/b17-16+. The van der Waals surface area contributed by atoms with Crippen LogP contribution in [0.25, 0.3) is 17.2 Å². The summed E-state index contributed by atoms with van der Waals surface area (Å²) in [5, 5.41) is 0. The molecule has 5 rings (SSSR count). The molecule has 0 saturated heterocycles. The summed E-state index contributed by atoms with van der Waals surface area (Å²) in [7, 11) is 0. The highest BCUT2D eigenvalue weighted by Gasteiger charge is 2.45. The van der Waals surface area contributed by atoms with Gasteiger partial charge in [0.05, 0.1) is 5.92 Å². The molecule has 0 bridgehead atoms. The summed E-state index contributed by atoms with van der Waals surface area (Å²) in [6, 6.07) is 4.26. The van der Waals surface area contributed by atoms with Crippen molar-refractivity contribution >= 4 is 6.08 Å². The highest BCUT2D eigenvalue weighted by atomic mass is 19.4. The topological polar surface area (TPSA) is 9.23 Å². The summed E-state index contributed by atoms with van der Waals surface area (Å²) >= 11 is 0. The Kier molecular flexibility index (Phi) is 10.0. The number of benzene rings is 2. The van der Waals surface area contributed by atoms with E-state index in [1.807, 2.05) is 0 Å². The smallest absolute Gasteiger partial charge is 0.409 e. The van der Waals surface area contributed by atoms with E-state index in [-0.39, 0.29) is 23.3 Å². The number of hydrogen-bond donors (Lipinski definition) is 0. The molecule has 0 amide bonds. The number of ether oxygens (including phenoxy) is 1. The van der Waals surface area contributed by atoms with E-state index in [0.717, 1.165) is 48.8 Å². The van der Waals surface area contributed by atoms with Gasteiger partial charge in [-0.15, -0.1) is 0 Å². The van der Waals surface area contributed by atoms with Gasteiger partial charge >= 0.3 is 12.3 Å². The summed E-state index contributed by atoms with van der Waals surface area (Å²) in [5.74, 6) is -1.56. The van der Waals surface area contributed by atoms with Crippen LogP contribution in [0, 0.1) is 53.0 Å². The highest BCUT2D eigenvalue weighted by Crippen LogP contribution is 2.48. The van der Waals surface area contributed by atoms with E-state index in [1.54, 1.807) is 0 Å². The molecule has 0 radical (unpaired) electrons. The first-order valence-electron chi connectivity index (χ1n) is 15.9. The third kappa shape index (κ3) is 7.97. The first-order chi connectivity index (χ1) is 20.8. The van der Waals surface area contributed by atoms with Crippen molar-refractivity contribution in [2.24, 2.45) is 35.5 Å². The van der Waals surface area contributed by atoms with E-state index >= 15 is 8.78 Å². The molecule has 3 aliphatic rings. The predicted octanol–water partition coefficient (Wildman–Crippen LogP) is 11.8. The van der Waals surface area contributed by atoms with Crippen LogP contribution >= 0.6 is 0 Å². The zero-order valence-corrected chi connectivity index (χ0v) is 24.9. The average Bonchev–Trinajstić information content (AvgIpc) is 2.96. The van der Waals surface area contributed by atoms with Crippen LogP contribution < -0.4 is 4.74 Å². The summed E-state index contributed by atoms with van der Waals surface area (Å²) in [5.41, 5.74) is -1.53. The van der Waals surface area contributed by atoms with Gasteiger partial charge in [0, 0.05) is 23.3 Å². The summed E-state index contributed by atoms with van der Waals surface area (Å²) in [4.78, 5) is 0. The lowest BCUT2D eigenvalue weighted by Crippen LogP contribution is -2.38. The van der Waals surface area contributed by atoms with Gasteiger partial charge in [-0.1, -0.05) is 19.8 Å². The molecule has 3 aliphatic carbocycles. The van der Waals surface area contributed by atoms with Crippen molar-refractivity contribution in [2.75, 3.05) is 0 Å². The summed E-state index contributed by atoms with van der Waals surface area (Å²) in [6.45, 7) is 2.34. The number of alkyl halides is 5. The van der Waals surface area contributed by atoms with Crippen LogP contribution in [-0.2, 0) is 0 Å². The van der Waals surface area contributed by atoms with Crippen molar-refractivity contribution in [3.8, 4) is 16.9 Å². The maximum absolute atomic E-state index is 15.2. The minimum Gasteiger partial charge on any atom is -0.432 e. The zero-order chi connectivity index (χ0) is 31.6. The lowest BCUT2D eigenvalue weighted by molar-refractivity contribution is -0.224. The normalized spacial score (nSPS) is 28.8. The summed E-state index contributed by atoms with van der Waals surface area (Å²) in [6.07, 6.45) is 4.00. The molecular formula is C35H40F8O. The fourth-order valence-electron chi connectivity index (χ4n) is 7.88. The molecule has 242 valence electrons. The first kappa shape index (κ1) is 32.8. The molecular weight excluding hydrogens is 588 g/mol. The van der Waals surface area contributed by atoms with Crippen LogP contribution in [0.1, 0.15) is 89.5 Å². The SMILES string of the molecule is CC1CCC(C2CCC(C3CCC(C(F)(F)Oc4ccc(-c5cc(F)c(/C=C/C(F)(F)F)c(F)c5)c(F)c4)CC3)CC2)CC1. The Morgan fingerprint density at radius 1 is 0.636 bits per heavy atom. The molecule has 0 spiro atoms. The van der Waals surface area contributed by atoms with Gasteiger partial charge in [0.25, 0.3) is 0 Å². The molecule has 0 N–H and O–H groups in total. The Labute approximate surface area is 254 Å². The molecule has 44 heavy (non-hydrogen) atoms. The fraction of sp³-hybridized carbons (Fsp3) is 0.600. The maximum atomic E-state index is 15.2. The van der Waals surface area contributed by atoms with E-state index in [1.165, 1.54) is 51.4 Å². The largest absolute Gasteiger partial charge is 0.432 e. The third-order valence-electron chi connectivity index (χ3n) is 10.5. The molecule has 0 atom stereocenters. The number of allylic oxidation sites excluding steroid dienone is 1. The van der Waals surface area contributed by atoms with Crippen LogP contribution in [-0.4, -0.2) is 12.3 Å². The van der Waals surface area contributed by atoms with Crippen molar-refractivity contribution in [2.45, 2.75) is 96.3 Å². The molecule has 2 aromatic carbocycles. The summed E-state index contributed by atoms with van der Waals surface area (Å²) < 4.78 is 116. The Morgan fingerprint density at radius 3 is 1.59 bits per heavy atom. The van der Waals surface area contributed by atoms with Crippen LogP contribution in [0.2, 0.25) is 0 Å². The predicted molar refractivity (Wildman–Crippen MR) is 154 cm³/mol. The van der Waals surface area contributed by atoms with Crippen molar-refractivity contribution in [1.29, 1.82) is 0 Å². The van der Waals surface area contributed by atoms with Crippen LogP contribution in [0.5, 0.6) is 5.75 Å². The Bertz CT molecular complexity index is 1270. The molecule has 9 heteroatoms. The van der Waals surface area contributed by atoms with Crippen molar-refractivity contribution in [3.63, 3.8) is 0 Å². The quantitative estimate of drug-likeness (QED) is 0.277. The second kappa shape index (κ2) is 13.4. The monoisotopic (exact) mass is 628 g/mol. The van der Waals surface area contributed by atoms with Crippen LogP contribution in [0.15, 0.2) is 36.4 Å². The second-order valence-corrected chi connectivity index (χ2v) is 13.3. The first-order valence-corrected chi connectivity index (χ1v) is 15.9. The van der Waals surface area contributed by atoms with E-state index in [4.69, 9.17) is 4.74 Å². The Hall–Kier alpha value is -2.58. The molecule has 3 saturated carbocycles. The fourth-order valence-corrected chi connectivity index (χ4v) is 7.88. The van der Waals surface area contributed by atoms with Gasteiger partial charge in [-0.2, -0.15) is 22.0 Å². The zero-order valence-electron chi connectivity index (χ0n) is 24.9. The molecule has 3 fully saturated rings. The van der Waals surface area contributed by atoms with Gasteiger partial charge in [0.2, 0.25) is 0 Å². The van der Waals surface area contributed by atoms with Crippen molar-refractivity contribution in [1.82, 2.24) is 0 Å². The minimum absolute atomic E-state index is 0.250. The van der Waals surface area contributed by atoms with E-state index in [2.05, 4.69) is 6.92 Å². The lowest BCUT2D eigenvalue weighted by atomic mass is 9.65. The molecule has 1 nitrogen and oxygen atoms in total. The maximum Gasteiger partial charge on any atom is 0.409 e. The molecule has 2 aromatic rings. The van der Waals surface area contributed by atoms with E-state index < -0.39 is 47.0 Å². The van der Waals surface area contributed by atoms with Crippen LogP contribution in [0.3, 0.4) is 0 Å². The van der Waals surface area contributed by atoms with E-state index in [0.29, 0.717) is 36.8 Å². The van der Waals surface area contributed by atoms with Gasteiger partial charge in [-0.05, 0) is 130 Å². The van der Waals surface area contributed by atoms with Gasteiger partial charge < -0.3 is 4.74 Å². The Morgan fingerprint density at radius 2 is 1.11 bits per heavy atom. The molecule has 0 heterocycles. The van der Waals surface area contributed by atoms with Crippen LogP contribution in [0.4, 0.5) is 35.1 Å². The molecule has 0 aromatic heterocycles. The number of hydrogen-bond acceptors (Lipinski definition) is 1. The van der Waals surface area contributed by atoms with Gasteiger partial charge in [0.1, 0.15) is 23.2 Å². The van der Waals surface area contributed by atoms with Gasteiger partial charge in [-0.25, -0.2) is 13.2 Å². The molecule has 0 unspecified atom stereocenters. The van der Waals surface area contributed by atoms with E-state index in [9.17, 15) is 26.3 Å². The van der Waals surface area contributed by atoms with Crippen molar-refractivity contribution in [3.05, 3.63) is 59.4 Å². The average molecular weight is 629 g/mol. The third-order valence-corrected chi connectivity index (χ3v) is 10.5. The van der Waals surface area contributed by atoms with Gasteiger partial charge in [-0.3, -0.25) is 0 Å².